The molecular weight excluding hydrogens is 328 g/mol. The second-order valence-electron chi connectivity index (χ2n) is 4.67. The van der Waals surface area contributed by atoms with Crippen LogP contribution < -0.4 is 18.1 Å². The minimum Gasteiger partial charge on any atom is -1.00 e. The summed E-state index contributed by atoms with van der Waals surface area (Å²) in [7, 11) is 0. The first-order chi connectivity index (χ1) is 7.20. The van der Waals surface area contributed by atoms with E-state index in [1.807, 2.05) is 0 Å². The van der Waals surface area contributed by atoms with E-state index >= 15 is 0 Å². The van der Waals surface area contributed by atoms with Gasteiger partial charge >= 0.3 is 102 Å². The summed E-state index contributed by atoms with van der Waals surface area (Å²) in [5.41, 5.74) is 6.12. The van der Waals surface area contributed by atoms with Gasteiger partial charge in [-0.15, -0.1) is 0 Å². The first kappa shape index (κ1) is 17.0. The minimum absolute atomic E-state index is 0. The summed E-state index contributed by atoms with van der Waals surface area (Å²) in [4.78, 5) is 0. The standard InChI is InChI=1S/C8H16N.C2H5O.C2H5.ClH.Sn/c1-7(9)8-5-3-2-4-6-8;1-2-3;1-2;;/h5,7-8H,2-4,6,9H2,1H3;2H2,1H3;1H2,2H3;1H;/q;-1;;;+2/p-1. The smallest absolute Gasteiger partial charge is 1.00 e. The van der Waals surface area contributed by atoms with Gasteiger partial charge in [0.2, 0.25) is 0 Å². The molecule has 96 valence electrons. The van der Waals surface area contributed by atoms with Crippen molar-refractivity contribution in [2.75, 3.05) is 6.61 Å². The third-order valence-electron chi connectivity index (χ3n) is 3.59. The second-order valence-corrected chi connectivity index (χ2v) is 12.3. The van der Waals surface area contributed by atoms with Crippen molar-refractivity contribution in [2.45, 2.75) is 60.9 Å². The van der Waals surface area contributed by atoms with Crippen LogP contribution in [-0.4, -0.2) is 32.8 Å². The molecule has 1 rings (SSSR count). The Kier molecular flexibility index (Phi) is 9.58. The maximum absolute atomic E-state index is 6.12. The van der Waals surface area contributed by atoms with Crippen LogP contribution in [0.25, 0.3) is 0 Å². The van der Waals surface area contributed by atoms with Crippen LogP contribution in [0.15, 0.2) is 0 Å². The molecule has 0 aromatic rings. The van der Waals surface area contributed by atoms with Crippen LogP contribution in [0.1, 0.15) is 46.5 Å². The van der Waals surface area contributed by atoms with Crippen LogP contribution in [0.3, 0.4) is 0 Å². The van der Waals surface area contributed by atoms with Gasteiger partial charge in [-0.05, 0) is 0 Å². The molecule has 1 fully saturated rings. The van der Waals surface area contributed by atoms with Gasteiger partial charge in [-0.1, -0.05) is 0 Å². The molecule has 1 aliphatic rings. The van der Waals surface area contributed by atoms with Crippen molar-refractivity contribution in [3.05, 3.63) is 0 Å². The van der Waals surface area contributed by atoms with E-state index in [1.54, 1.807) is 0 Å². The van der Waals surface area contributed by atoms with Crippen molar-refractivity contribution < 1.29 is 15.5 Å². The number of hydrogen-bond acceptors (Lipinski definition) is 2. The van der Waals surface area contributed by atoms with Crippen molar-refractivity contribution in [1.82, 2.24) is 0 Å². The second kappa shape index (κ2) is 9.01. The van der Waals surface area contributed by atoms with Gasteiger partial charge < -0.3 is 12.4 Å². The molecule has 2 nitrogen and oxygen atoms in total. The fraction of sp³-hybridized carbons (Fsp3) is 1.00. The summed E-state index contributed by atoms with van der Waals surface area (Å²) in [6.07, 6.45) is 5.54. The van der Waals surface area contributed by atoms with Gasteiger partial charge in [0.15, 0.2) is 0 Å². The number of rotatable bonds is 5. The van der Waals surface area contributed by atoms with Crippen molar-refractivity contribution in [1.29, 1.82) is 0 Å². The van der Waals surface area contributed by atoms with E-state index in [1.165, 1.54) is 30.1 Å². The Bertz CT molecular complexity index is 180. The molecule has 2 N–H and O–H groups in total. The van der Waals surface area contributed by atoms with Crippen LogP contribution in [-0.2, 0) is 3.07 Å². The molecule has 3 unspecified atom stereocenters. The van der Waals surface area contributed by atoms with E-state index in [2.05, 4.69) is 20.8 Å². The zero-order valence-corrected chi connectivity index (χ0v) is 14.4. The topological polar surface area (TPSA) is 35.2 Å². The van der Waals surface area contributed by atoms with E-state index in [4.69, 9.17) is 8.81 Å². The fourth-order valence-corrected chi connectivity index (χ4v) is 10.8. The number of nitrogens with two attached hydrogens (primary N) is 1. The molecule has 0 spiro atoms. The Morgan fingerprint density at radius 3 is 2.44 bits per heavy atom. The molecule has 16 heavy (non-hydrogen) atoms. The molecule has 0 aliphatic heterocycles. The van der Waals surface area contributed by atoms with Crippen LogP contribution in [0.5, 0.6) is 0 Å². The van der Waals surface area contributed by atoms with Gasteiger partial charge in [0, 0.05) is 0 Å². The fourth-order valence-electron chi connectivity index (χ4n) is 2.85. The molecule has 0 heterocycles. The van der Waals surface area contributed by atoms with E-state index < -0.39 is 20.2 Å². The monoisotopic (exact) mass is 355 g/mol. The molecule has 1 saturated carbocycles. The maximum Gasteiger partial charge on any atom is -1.00 e. The number of halogens is 1. The van der Waals surface area contributed by atoms with Crippen LogP contribution in [0.4, 0.5) is 0 Å². The zero-order valence-electron chi connectivity index (χ0n) is 10.8. The van der Waals surface area contributed by atoms with Gasteiger partial charge in [-0.25, -0.2) is 0 Å². The van der Waals surface area contributed by atoms with Crippen LogP contribution in [0.2, 0.25) is 8.37 Å². The Balaban J connectivity index is 0.00000225. The molecule has 0 bridgehead atoms. The predicted octanol–water partition coefficient (Wildman–Crippen LogP) is -0.0541. The summed E-state index contributed by atoms with van der Waals surface area (Å²) < 4.78 is 8.27. The zero-order chi connectivity index (χ0) is 11.3. The summed E-state index contributed by atoms with van der Waals surface area (Å²) in [6.45, 7) is 7.56. The molecule has 1 aliphatic carbocycles. The van der Waals surface area contributed by atoms with Gasteiger partial charge in [0.05, 0.1) is 0 Å². The molecular formula is C12H26ClNOSn. The Hall–Kier alpha value is 1.01. The molecule has 0 amide bonds. The quantitative estimate of drug-likeness (QED) is 0.703. The molecule has 0 radical (unpaired) electrons. The molecule has 0 saturated heterocycles. The Morgan fingerprint density at radius 1 is 1.31 bits per heavy atom. The van der Waals surface area contributed by atoms with E-state index in [0.717, 1.165) is 16.5 Å². The third kappa shape index (κ3) is 4.71. The van der Waals surface area contributed by atoms with Crippen molar-refractivity contribution in [3.8, 4) is 0 Å². The summed E-state index contributed by atoms with van der Waals surface area (Å²) in [5.74, 6) is 0.764. The van der Waals surface area contributed by atoms with Gasteiger partial charge in [-0.3, -0.25) is 0 Å². The predicted molar refractivity (Wildman–Crippen MR) is 67.2 cm³/mol. The van der Waals surface area contributed by atoms with E-state index in [0.29, 0.717) is 6.04 Å². The first-order valence-corrected chi connectivity index (χ1v) is 11.3. The van der Waals surface area contributed by atoms with Crippen LogP contribution >= 0.6 is 0 Å². The largest absolute Gasteiger partial charge is 1.00 e. The van der Waals surface area contributed by atoms with Crippen LogP contribution in [0, 0.1) is 5.92 Å². The van der Waals surface area contributed by atoms with Crippen molar-refractivity contribution in [2.24, 2.45) is 11.7 Å². The summed E-state index contributed by atoms with van der Waals surface area (Å²) in [5, 5.41) is 0. The third-order valence-corrected chi connectivity index (χ3v) is 11.9. The summed E-state index contributed by atoms with van der Waals surface area (Å²) >= 11 is -1.58. The molecule has 0 aromatic heterocycles. The van der Waals surface area contributed by atoms with E-state index in [9.17, 15) is 0 Å². The average Bonchev–Trinajstić information content (AvgIpc) is 2.26. The maximum atomic E-state index is 6.12. The average molecular weight is 355 g/mol. The SMILES string of the molecule is CC[O][Sn+]([CH2]C)[CH]1CCCCC1C(C)N.[Cl-]. The van der Waals surface area contributed by atoms with Gasteiger partial charge in [0.1, 0.15) is 0 Å². The van der Waals surface area contributed by atoms with Crippen molar-refractivity contribution >= 4 is 20.2 Å². The van der Waals surface area contributed by atoms with Gasteiger partial charge in [-0.2, -0.15) is 0 Å². The molecule has 3 atom stereocenters. The van der Waals surface area contributed by atoms with Crippen molar-refractivity contribution in [3.63, 3.8) is 0 Å². The Labute approximate surface area is 114 Å². The number of hydrogen-bond donors (Lipinski definition) is 1. The molecule has 4 heteroatoms. The van der Waals surface area contributed by atoms with E-state index in [-0.39, 0.29) is 12.4 Å². The Morgan fingerprint density at radius 2 is 1.94 bits per heavy atom. The van der Waals surface area contributed by atoms with Gasteiger partial charge in [0.25, 0.3) is 0 Å². The summed E-state index contributed by atoms with van der Waals surface area (Å²) in [6, 6.07) is 0.373. The minimum atomic E-state index is -1.58. The first-order valence-electron chi connectivity index (χ1n) is 6.44. The normalized spacial score (nSPS) is 27.0. The molecule has 0 aromatic carbocycles.